The lowest BCUT2D eigenvalue weighted by Crippen LogP contribution is -2.08. The second-order valence-corrected chi connectivity index (χ2v) is 7.89. The molecule has 0 bridgehead atoms. The molecule has 0 aliphatic carbocycles. The van der Waals surface area contributed by atoms with Crippen molar-refractivity contribution in [2.24, 2.45) is 0 Å². The Balaban J connectivity index is 2.06. The van der Waals surface area contributed by atoms with Crippen molar-refractivity contribution in [1.82, 2.24) is 0 Å². The molecule has 1 amide bonds. The second kappa shape index (κ2) is 7.45. The van der Waals surface area contributed by atoms with Crippen molar-refractivity contribution >= 4 is 27.5 Å². The predicted octanol–water partition coefficient (Wildman–Crippen LogP) is 3.75. The van der Waals surface area contributed by atoms with Crippen LogP contribution >= 0.6 is 0 Å². The third kappa shape index (κ3) is 4.55. The first-order valence-electron chi connectivity index (χ1n) is 7.71. The van der Waals surface area contributed by atoms with Crippen LogP contribution in [-0.2, 0) is 14.6 Å². The Hall–Kier alpha value is -2.40. The van der Waals surface area contributed by atoms with Crippen LogP contribution in [0, 0.1) is 13.8 Å². The van der Waals surface area contributed by atoms with E-state index in [2.05, 4.69) is 11.4 Å². The summed E-state index contributed by atoms with van der Waals surface area (Å²) >= 11 is 0. The Kier molecular flexibility index (Phi) is 5.57. The molecule has 0 aliphatic heterocycles. The molecule has 0 atom stereocenters. The van der Waals surface area contributed by atoms with Crippen molar-refractivity contribution in [3.8, 4) is 0 Å². The molecule has 4 nitrogen and oxygen atoms in total. The van der Waals surface area contributed by atoms with Gasteiger partial charge in [0.15, 0.2) is 9.84 Å². The average Bonchev–Trinajstić information content (AvgIpc) is 2.54. The Bertz CT molecular complexity index is 866. The minimum atomic E-state index is -3.22. The van der Waals surface area contributed by atoms with Crippen LogP contribution in [0.3, 0.4) is 0 Å². The van der Waals surface area contributed by atoms with Crippen LogP contribution < -0.4 is 5.32 Å². The summed E-state index contributed by atoms with van der Waals surface area (Å²) in [5.41, 5.74) is 3.82. The van der Waals surface area contributed by atoms with Crippen LogP contribution in [0.25, 0.3) is 6.08 Å². The van der Waals surface area contributed by atoms with Crippen molar-refractivity contribution < 1.29 is 13.2 Å². The molecule has 0 radical (unpaired) electrons. The molecule has 0 heterocycles. The maximum Gasteiger partial charge on any atom is 0.248 e. The van der Waals surface area contributed by atoms with Crippen LogP contribution in [0.1, 0.15) is 23.6 Å². The fourth-order valence-corrected chi connectivity index (χ4v) is 3.16. The molecule has 0 saturated carbocycles. The smallest absolute Gasteiger partial charge is 0.248 e. The number of nitrogens with one attached hydrogen (secondary N) is 1. The number of anilines is 1. The first-order valence-corrected chi connectivity index (χ1v) is 9.36. The Morgan fingerprint density at radius 1 is 1.08 bits per heavy atom. The molecule has 24 heavy (non-hydrogen) atoms. The lowest BCUT2D eigenvalue weighted by Gasteiger charge is -2.05. The molecule has 126 valence electrons. The molecule has 1 N–H and O–H groups in total. The molecule has 0 aromatic heterocycles. The summed E-state index contributed by atoms with van der Waals surface area (Å²) < 4.78 is 23.5. The van der Waals surface area contributed by atoms with Crippen LogP contribution in [0.5, 0.6) is 0 Å². The molecule has 0 aliphatic rings. The van der Waals surface area contributed by atoms with Gasteiger partial charge in [0.2, 0.25) is 5.91 Å². The number of carbonyl (C=O) groups is 1. The second-order valence-electron chi connectivity index (χ2n) is 5.61. The fourth-order valence-electron chi connectivity index (χ4n) is 2.27. The van der Waals surface area contributed by atoms with E-state index in [1.807, 2.05) is 26.0 Å². The number of hydrogen-bond donors (Lipinski definition) is 1. The molecular weight excluding hydrogens is 322 g/mol. The van der Waals surface area contributed by atoms with Gasteiger partial charge in [-0.05, 0) is 55.3 Å². The van der Waals surface area contributed by atoms with Gasteiger partial charge in [-0.25, -0.2) is 8.42 Å². The normalized spacial score (nSPS) is 11.6. The van der Waals surface area contributed by atoms with Crippen LogP contribution in [0.4, 0.5) is 5.69 Å². The molecule has 2 rings (SSSR count). The van der Waals surface area contributed by atoms with Gasteiger partial charge in [-0.1, -0.05) is 30.7 Å². The summed E-state index contributed by atoms with van der Waals surface area (Å²) in [6.07, 6.45) is 3.23. The third-order valence-electron chi connectivity index (χ3n) is 3.70. The zero-order valence-electron chi connectivity index (χ0n) is 14.0. The zero-order chi connectivity index (χ0) is 17.7. The van der Waals surface area contributed by atoms with Crippen molar-refractivity contribution in [1.29, 1.82) is 0 Å². The fraction of sp³-hybridized carbons (Fsp3) is 0.211. The van der Waals surface area contributed by atoms with E-state index in [1.165, 1.54) is 23.8 Å². The summed E-state index contributed by atoms with van der Waals surface area (Å²) in [4.78, 5) is 12.2. The monoisotopic (exact) mass is 343 g/mol. The maximum atomic E-state index is 12.0. The highest BCUT2D eigenvalue weighted by Gasteiger charge is 2.10. The third-order valence-corrected chi connectivity index (χ3v) is 5.45. The van der Waals surface area contributed by atoms with Crippen LogP contribution in [0.15, 0.2) is 53.4 Å². The van der Waals surface area contributed by atoms with Crippen LogP contribution in [0.2, 0.25) is 0 Å². The van der Waals surface area contributed by atoms with Gasteiger partial charge in [0.05, 0.1) is 10.6 Å². The minimum absolute atomic E-state index is 0.0529. The van der Waals surface area contributed by atoms with E-state index in [0.717, 1.165) is 11.1 Å². The van der Waals surface area contributed by atoms with Gasteiger partial charge in [-0.15, -0.1) is 0 Å². The van der Waals surface area contributed by atoms with Crippen molar-refractivity contribution in [2.45, 2.75) is 25.7 Å². The van der Waals surface area contributed by atoms with Gasteiger partial charge in [0, 0.05) is 11.8 Å². The van der Waals surface area contributed by atoms with E-state index in [0.29, 0.717) is 5.69 Å². The number of rotatable bonds is 5. The van der Waals surface area contributed by atoms with Gasteiger partial charge in [-0.3, -0.25) is 4.79 Å². The van der Waals surface area contributed by atoms with Crippen molar-refractivity contribution in [2.75, 3.05) is 11.1 Å². The molecule has 0 unspecified atom stereocenters. The van der Waals surface area contributed by atoms with E-state index in [1.54, 1.807) is 25.1 Å². The molecule has 0 saturated heterocycles. The summed E-state index contributed by atoms with van der Waals surface area (Å²) in [6, 6.07) is 12.2. The maximum absolute atomic E-state index is 12.0. The summed E-state index contributed by atoms with van der Waals surface area (Å²) in [7, 11) is -3.22. The highest BCUT2D eigenvalue weighted by Crippen LogP contribution is 2.16. The van der Waals surface area contributed by atoms with E-state index in [-0.39, 0.29) is 16.6 Å². The Morgan fingerprint density at radius 3 is 2.33 bits per heavy atom. The van der Waals surface area contributed by atoms with Gasteiger partial charge < -0.3 is 5.32 Å². The molecule has 2 aromatic carbocycles. The predicted molar refractivity (Wildman–Crippen MR) is 97.7 cm³/mol. The van der Waals surface area contributed by atoms with E-state index < -0.39 is 9.84 Å². The van der Waals surface area contributed by atoms with Gasteiger partial charge in [0.1, 0.15) is 0 Å². The number of hydrogen-bond acceptors (Lipinski definition) is 3. The lowest BCUT2D eigenvalue weighted by molar-refractivity contribution is -0.111. The topological polar surface area (TPSA) is 63.2 Å². The Morgan fingerprint density at radius 2 is 1.75 bits per heavy atom. The minimum Gasteiger partial charge on any atom is -0.323 e. The molecule has 0 fully saturated rings. The highest BCUT2D eigenvalue weighted by atomic mass is 32.2. The summed E-state index contributed by atoms with van der Waals surface area (Å²) in [5, 5.41) is 2.72. The highest BCUT2D eigenvalue weighted by molar-refractivity contribution is 7.91. The van der Waals surface area contributed by atoms with Crippen molar-refractivity contribution in [3.63, 3.8) is 0 Å². The van der Waals surface area contributed by atoms with Gasteiger partial charge in [0.25, 0.3) is 0 Å². The number of amides is 1. The zero-order valence-corrected chi connectivity index (χ0v) is 14.9. The van der Waals surface area contributed by atoms with E-state index in [4.69, 9.17) is 0 Å². The number of carbonyl (C=O) groups excluding carboxylic acids is 1. The van der Waals surface area contributed by atoms with Gasteiger partial charge >= 0.3 is 0 Å². The summed E-state index contributed by atoms with van der Waals surface area (Å²) in [5.74, 6) is -0.210. The number of sulfone groups is 1. The SMILES string of the molecule is CCS(=O)(=O)c1ccc(NC(=O)C=Cc2ccc(C)cc2C)cc1. The first kappa shape index (κ1) is 17.9. The Labute approximate surface area is 143 Å². The molecule has 5 heteroatoms. The van der Waals surface area contributed by atoms with Crippen LogP contribution in [-0.4, -0.2) is 20.1 Å². The number of benzene rings is 2. The van der Waals surface area contributed by atoms with Gasteiger partial charge in [-0.2, -0.15) is 0 Å². The molecule has 0 spiro atoms. The van der Waals surface area contributed by atoms with Crippen molar-refractivity contribution in [3.05, 3.63) is 65.2 Å². The first-order chi connectivity index (χ1) is 11.3. The number of aryl methyl sites for hydroxylation is 2. The average molecular weight is 343 g/mol. The lowest BCUT2D eigenvalue weighted by atomic mass is 10.1. The standard InChI is InChI=1S/C19H21NO3S/c1-4-24(22,23)18-10-8-17(9-11-18)20-19(21)12-7-16-6-5-14(2)13-15(16)3/h5-13H,4H2,1-3H3,(H,20,21). The molecular formula is C19H21NO3S. The summed E-state index contributed by atoms with van der Waals surface area (Å²) in [6.45, 7) is 5.62. The van der Waals surface area contributed by atoms with E-state index in [9.17, 15) is 13.2 Å². The van der Waals surface area contributed by atoms with E-state index >= 15 is 0 Å². The largest absolute Gasteiger partial charge is 0.323 e. The quantitative estimate of drug-likeness (QED) is 0.841. The molecule has 2 aromatic rings.